The minimum absolute atomic E-state index is 0.0758. The van der Waals surface area contributed by atoms with Crippen LogP contribution in [0.4, 0.5) is 0 Å². The minimum atomic E-state index is 0.0758. The second-order valence-electron chi connectivity index (χ2n) is 4.07. The monoisotopic (exact) mass is 268 g/mol. The van der Waals surface area contributed by atoms with Gasteiger partial charge in [0.15, 0.2) is 0 Å². The van der Waals surface area contributed by atoms with Gasteiger partial charge in [-0.2, -0.15) is 5.48 Å². The van der Waals surface area contributed by atoms with Crippen LogP contribution in [0.3, 0.4) is 0 Å². The van der Waals surface area contributed by atoms with Gasteiger partial charge in [-0.15, -0.1) is 0 Å². The Kier molecular flexibility index (Phi) is 8.48. The summed E-state index contributed by atoms with van der Waals surface area (Å²) in [7, 11) is 5.20. The normalized spacial score (nSPS) is 13.9. The number of ether oxygens (including phenoxy) is 1. The highest BCUT2D eigenvalue weighted by Gasteiger charge is 2.12. The van der Waals surface area contributed by atoms with Crippen LogP contribution in [-0.2, 0) is 9.57 Å². The summed E-state index contributed by atoms with van der Waals surface area (Å²) in [5, 5.41) is 7.93. The molecule has 6 nitrogen and oxygen atoms in total. The average Bonchev–Trinajstić information content (AvgIpc) is 2.39. The van der Waals surface area contributed by atoms with Crippen molar-refractivity contribution >= 4 is 12.4 Å². The molecule has 0 saturated carbocycles. The van der Waals surface area contributed by atoms with Crippen LogP contribution in [0, 0.1) is 5.41 Å². The molecule has 0 amide bonds. The molecule has 2 N–H and O–H groups in total. The van der Waals surface area contributed by atoms with Gasteiger partial charge in [-0.25, -0.2) is 4.99 Å². The molecule has 0 rings (SSSR count). The van der Waals surface area contributed by atoms with Crippen molar-refractivity contribution in [3.63, 3.8) is 0 Å². The molecule has 0 saturated heterocycles. The summed E-state index contributed by atoms with van der Waals surface area (Å²) in [5.74, 6) is 0.656. The van der Waals surface area contributed by atoms with E-state index >= 15 is 0 Å². The fourth-order valence-electron chi connectivity index (χ4n) is 1.49. The van der Waals surface area contributed by atoms with Crippen LogP contribution in [0.25, 0.3) is 0 Å². The lowest BCUT2D eigenvalue weighted by atomic mass is 10.1. The molecule has 0 heterocycles. The quantitative estimate of drug-likeness (QED) is 0.378. The Bertz CT molecular complexity index is 364. The van der Waals surface area contributed by atoms with Crippen molar-refractivity contribution in [1.82, 2.24) is 10.4 Å². The van der Waals surface area contributed by atoms with Crippen LogP contribution in [-0.4, -0.2) is 51.2 Å². The van der Waals surface area contributed by atoms with E-state index in [0.717, 1.165) is 5.57 Å². The number of hydrogen-bond acceptors (Lipinski definition) is 6. The van der Waals surface area contributed by atoms with Crippen molar-refractivity contribution in [2.24, 2.45) is 4.99 Å². The molecule has 0 aliphatic heterocycles. The summed E-state index contributed by atoms with van der Waals surface area (Å²) in [5.41, 5.74) is 3.53. The Morgan fingerprint density at radius 3 is 2.68 bits per heavy atom. The summed E-state index contributed by atoms with van der Waals surface area (Å²) in [6.07, 6.45) is 3.03. The fraction of sp³-hybridized carbons (Fsp3) is 0.538. The Hall–Kier alpha value is -1.66. The topological polar surface area (TPSA) is 69.9 Å². The van der Waals surface area contributed by atoms with E-state index in [2.05, 4.69) is 17.2 Å². The standard InChI is InChI=1S/C13H24N4O2/c1-10(18-6)9-17(5)13(15-3)11(2)12(14)7-8-19-16-4/h7-8,10,14,16H,3,9H2,1-2,4-6H3/b8-7+,13-11+,14-12?/t10-/m0/s1. The van der Waals surface area contributed by atoms with Crippen molar-refractivity contribution in [3.05, 3.63) is 23.7 Å². The summed E-state index contributed by atoms with van der Waals surface area (Å²) in [4.78, 5) is 10.7. The van der Waals surface area contributed by atoms with Crippen molar-refractivity contribution in [2.75, 3.05) is 27.7 Å². The smallest absolute Gasteiger partial charge is 0.132 e. The van der Waals surface area contributed by atoms with Gasteiger partial charge in [0.05, 0.1) is 11.8 Å². The highest BCUT2D eigenvalue weighted by Crippen LogP contribution is 2.12. The second kappa shape index (κ2) is 9.29. The van der Waals surface area contributed by atoms with Crippen molar-refractivity contribution < 1.29 is 9.57 Å². The molecule has 0 bridgehead atoms. The third-order valence-corrected chi connectivity index (χ3v) is 2.60. The predicted octanol–water partition coefficient (Wildman–Crippen LogP) is 1.57. The van der Waals surface area contributed by atoms with Crippen molar-refractivity contribution in [1.29, 1.82) is 5.41 Å². The number of nitrogens with zero attached hydrogens (tertiary/aromatic N) is 2. The average molecular weight is 268 g/mol. The van der Waals surface area contributed by atoms with Crippen LogP contribution >= 0.6 is 0 Å². The predicted molar refractivity (Wildman–Crippen MR) is 78.4 cm³/mol. The third kappa shape index (κ3) is 6.17. The molecule has 0 aliphatic carbocycles. The van der Waals surface area contributed by atoms with Gasteiger partial charge in [-0.05, 0) is 20.6 Å². The molecular formula is C13H24N4O2. The van der Waals surface area contributed by atoms with Crippen LogP contribution < -0.4 is 5.48 Å². The minimum Gasteiger partial charge on any atom is -0.417 e. The molecule has 0 aromatic heterocycles. The van der Waals surface area contributed by atoms with Crippen molar-refractivity contribution in [3.8, 4) is 0 Å². The largest absolute Gasteiger partial charge is 0.417 e. The van der Waals surface area contributed by atoms with E-state index in [9.17, 15) is 0 Å². The Labute approximate surface area is 115 Å². The molecule has 108 valence electrons. The van der Waals surface area contributed by atoms with E-state index < -0.39 is 0 Å². The van der Waals surface area contributed by atoms with Gasteiger partial charge in [0.25, 0.3) is 0 Å². The number of nitrogens with one attached hydrogen (secondary N) is 2. The maximum Gasteiger partial charge on any atom is 0.132 e. The Balaban J connectivity index is 4.91. The molecule has 0 fully saturated rings. The first-order valence-electron chi connectivity index (χ1n) is 5.97. The molecule has 19 heavy (non-hydrogen) atoms. The molecule has 6 heteroatoms. The maximum absolute atomic E-state index is 7.93. The number of methoxy groups -OCH3 is 1. The third-order valence-electron chi connectivity index (χ3n) is 2.60. The van der Waals surface area contributed by atoms with Crippen LogP contribution in [0.2, 0.25) is 0 Å². The van der Waals surface area contributed by atoms with E-state index in [1.165, 1.54) is 6.26 Å². The molecule has 0 aromatic rings. The van der Waals surface area contributed by atoms with Gasteiger partial charge in [0, 0.05) is 39.4 Å². The van der Waals surface area contributed by atoms with E-state index in [-0.39, 0.29) is 6.10 Å². The van der Waals surface area contributed by atoms with Gasteiger partial charge in [0.1, 0.15) is 12.1 Å². The summed E-state index contributed by atoms with van der Waals surface area (Å²) < 4.78 is 5.21. The molecule has 0 aliphatic rings. The number of likely N-dealkylation sites (N-methyl/N-ethyl adjacent to an activating group) is 1. The second-order valence-corrected chi connectivity index (χ2v) is 4.07. The number of hydrogen-bond donors (Lipinski definition) is 2. The molecule has 0 aromatic carbocycles. The van der Waals surface area contributed by atoms with Crippen LogP contribution in [0.15, 0.2) is 28.7 Å². The fourth-order valence-corrected chi connectivity index (χ4v) is 1.49. The van der Waals surface area contributed by atoms with Crippen LogP contribution in [0.5, 0.6) is 0 Å². The SMILES string of the molecule is C=N/C(=C(/C)C(=N)/C=C/ONC)N(C)C[C@H](C)OC. The first kappa shape index (κ1) is 17.3. The van der Waals surface area contributed by atoms with Crippen molar-refractivity contribution in [2.45, 2.75) is 20.0 Å². The highest BCUT2D eigenvalue weighted by atomic mass is 16.6. The number of allylic oxidation sites excluding steroid dienone is 2. The summed E-state index contributed by atoms with van der Waals surface area (Å²) in [6.45, 7) is 8.03. The highest BCUT2D eigenvalue weighted by molar-refractivity contribution is 6.06. The molecule has 0 unspecified atom stereocenters. The zero-order valence-corrected chi connectivity index (χ0v) is 12.4. The van der Waals surface area contributed by atoms with Gasteiger partial charge >= 0.3 is 0 Å². The number of rotatable bonds is 9. The Morgan fingerprint density at radius 1 is 1.58 bits per heavy atom. The first-order chi connectivity index (χ1) is 8.97. The zero-order valence-electron chi connectivity index (χ0n) is 12.4. The maximum atomic E-state index is 7.93. The molecular weight excluding hydrogens is 244 g/mol. The van der Waals surface area contributed by atoms with E-state index in [4.69, 9.17) is 15.0 Å². The van der Waals surface area contributed by atoms with E-state index in [0.29, 0.717) is 18.1 Å². The number of aliphatic imine (C=N–C) groups is 1. The van der Waals surface area contributed by atoms with E-state index in [1.807, 2.05) is 25.8 Å². The van der Waals surface area contributed by atoms with Gasteiger partial charge < -0.3 is 19.9 Å². The molecule has 1 atom stereocenters. The van der Waals surface area contributed by atoms with Gasteiger partial charge in [-0.1, -0.05) is 0 Å². The Morgan fingerprint density at radius 2 is 2.21 bits per heavy atom. The lowest BCUT2D eigenvalue weighted by Crippen LogP contribution is -2.28. The summed E-state index contributed by atoms with van der Waals surface area (Å²) >= 11 is 0. The first-order valence-corrected chi connectivity index (χ1v) is 5.97. The summed E-state index contributed by atoms with van der Waals surface area (Å²) in [6, 6.07) is 0. The van der Waals surface area contributed by atoms with Crippen LogP contribution in [0.1, 0.15) is 13.8 Å². The van der Waals surface area contributed by atoms with Gasteiger partial charge in [-0.3, -0.25) is 0 Å². The molecule has 0 radical (unpaired) electrons. The lowest BCUT2D eigenvalue weighted by molar-refractivity contribution is 0.0942. The van der Waals surface area contributed by atoms with E-state index in [1.54, 1.807) is 20.2 Å². The molecule has 0 spiro atoms. The zero-order chi connectivity index (χ0) is 14.8. The lowest BCUT2D eigenvalue weighted by Gasteiger charge is -2.24. The van der Waals surface area contributed by atoms with Gasteiger partial charge in [0.2, 0.25) is 0 Å². The number of hydroxylamine groups is 1.